The molecule has 1 aromatic carbocycles. The summed E-state index contributed by atoms with van der Waals surface area (Å²) in [5.41, 5.74) is 1.70. The van der Waals surface area contributed by atoms with Crippen LogP contribution in [0.5, 0.6) is 0 Å². The van der Waals surface area contributed by atoms with Gasteiger partial charge in [0.2, 0.25) is 0 Å². The van der Waals surface area contributed by atoms with Gasteiger partial charge >= 0.3 is 5.69 Å². The van der Waals surface area contributed by atoms with Gasteiger partial charge in [0.05, 0.1) is 27.0 Å². The van der Waals surface area contributed by atoms with Crippen LogP contribution in [0.25, 0.3) is 0 Å². The van der Waals surface area contributed by atoms with Crippen molar-refractivity contribution in [3.8, 4) is 11.8 Å². The van der Waals surface area contributed by atoms with E-state index in [9.17, 15) is 20.2 Å². The van der Waals surface area contributed by atoms with Crippen LogP contribution in [0, 0.1) is 32.1 Å². The zero-order valence-corrected chi connectivity index (χ0v) is 11.7. The van der Waals surface area contributed by atoms with E-state index in [2.05, 4.69) is 22.4 Å². The molecule has 0 unspecified atom stereocenters. The van der Waals surface area contributed by atoms with Crippen molar-refractivity contribution in [3.63, 3.8) is 0 Å². The molecular weight excluding hydrogens is 308 g/mol. The van der Waals surface area contributed by atoms with Gasteiger partial charge in [-0.15, -0.1) is 11.3 Å². The van der Waals surface area contributed by atoms with Crippen LogP contribution >= 0.6 is 11.3 Å². The Morgan fingerprint density at radius 2 is 2.05 bits per heavy atom. The van der Waals surface area contributed by atoms with E-state index in [4.69, 9.17) is 0 Å². The first-order valence-corrected chi connectivity index (χ1v) is 6.71. The minimum absolute atomic E-state index is 0.0461. The number of rotatable bonds is 4. The zero-order valence-electron chi connectivity index (χ0n) is 10.9. The van der Waals surface area contributed by atoms with E-state index in [1.807, 2.05) is 17.5 Å². The average Bonchev–Trinajstić information content (AvgIpc) is 3.00. The highest BCUT2D eigenvalue weighted by Gasteiger charge is 2.18. The SMILES string of the molecule is O=[N+]([O-])c1ccc(N/N=C\C#Cc2cccs2)c([N+](=O)[O-])c1. The summed E-state index contributed by atoms with van der Waals surface area (Å²) >= 11 is 1.48. The first-order valence-electron chi connectivity index (χ1n) is 5.83. The zero-order chi connectivity index (χ0) is 15.9. The van der Waals surface area contributed by atoms with Crippen LogP contribution in [0.15, 0.2) is 40.8 Å². The van der Waals surface area contributed by atoms with E-state index >= 15 is 0 Å². The number of non-ortho nitro benzene ring substituents is 1. The number of hydrogen-bond acceptors (Lipinski definition) is 7. The highest BCUT2D eigenvalue weighted by atomic mass is 32.1. The van der Waals surface area contributed by atoms with Crippen LogP contribution in [0.1, 0.15) is 4.88 Å². The molecule has 1 aromatic heterocycles. The fourth-order valence-corrected chi connectivity index (χ4v) is 2.05. The molecule has 8 nitrogen and oxygen atoms in total. The molecule has 0 saturated heterocycles. The third kappa shape index (κ3) is 3.87. The number of nitrogens with one attached hydrogen (secondary N) is 1. The first kappa shape index (κ1) is 15.1. The Hall–Kier alpha value is -3.25. The van der Waals surface area contributed by atoms with Crippen LogP contribution in [0.3, 0.4) is 0 Å². The van der Waals surface area contributed by atoms with E-state index in [-0.39, 0.29) is 11.4 Å². The normalized spacial score (nSPS) is 10.0. The topological polar surface area (TPSA) is 111 Å². The Bertz CT molecular complexity index is 790. The number of nitrogens with zero attached hydrogens (tertiary/aromatic N) is 3. The van der Waals surface area contributed by atoms with E-state index < -0.39 is 15.5 Å². The summed E-state index contributed by atoms with van der Waals surface area (Å²) < 4.78 is 0. The van der Waals surface area contributed by atoms with E-state index in [0.717, 1.165) is 17.0 Å². The summed E-state index contributed by atoms with van der Waals surface area (Å²) in [4.78, 5) is 21.0. The lowest BCUT2D eigenvalue weighted by Gasteiger charge is -2.00. The number of nitro benzene ring substituents is 2. The Morgan fingerprint density at radius 1 is 1.23 bits per heavy atom. The maximum Gasteiger partial charge on any atom is 0.301 e. The summed E-state index contributed by atoms with van der Waals surface area (Å²) in [6.45, 7) is 0. The molecule has 0 radical (unpaired) electrons. The third-order valence-electron chi connectivity index (χ3n) is 2.42. The molecule has 0 amide bonds. The van der Waals surface area contributed by atoms with Crippen molar-refractivity contribution in [3.05, 3.63) is 60.8 Å². The van der Waals surface area contributed by atoms with Crippen LogP contribution in [-0.2, 0) is 0 Å². The van der Waals surface area contributed by atoms with Crippen molar-refractivity contribution in [1.82, 2.24) is 0 Å². The summed E-state index contributed by atoms with van der Waals surface area (Å²) in [5.74, 6) is 5.49. The van der Waals surface area contributed by atoms with Gasteiger partial charge in [0.1, 0.15) is 5.69 Å². The van der Waals surface area contributed by atoms with Gasteiger partial charge in [-0.3, -0.25) is 25.7 Å². The van der Waals surface area contributed by atoms with Crippen molar-refractivity contribution < 1.29 is 9.85 Å². The highest BCUT2D eigenvalue weighted by Crippen LogP contribution is 2.28. The highest BCUT2D eigenvalue weighted by molar-refractivity contribution is 7.10. The van der Waals surface area contributed by atoms with Gasteiger partial charge in [-0.2, -0.15) is 5.10 Å². The number of nitro groups is 2. The minimum Gasteiger partial charge on any atom is -0.271 e. The number of thiophene rings is 1. The van der Waals surface area contributed by atoms with E-state index in [1.165, 1.54) is 23.6 Å². The predicted octanol–water partition coefficient (Wildman–Crippen LogP) is 3.01. The molecular formula is C13H8N4O4S. The quantitative estimate of drug-likeness (QED) is 0.403. The van der Waals surface area contributed by atoms with Crippen LogP contribution in [0.4, 0.5) is 17.1 Å². The van der Waals surface area contributed by atoms with Crippen LogP contribution < -0.4 is 5.43 Å². The van der Waals surface area contributed by atoms with E-state index in [0.29, 0.717) is 0 Å². The predicted molar refractivity (Wildman–Crippen MR) is 83.1 cm³/mol. The number of hydrogen-bond donors (Lipinski definition) is 1. The van der Waals surface area contributed by atoms with Crippen molar-refractivity contribution in [2.24, 2.45) is 5.10 Å². The molecule has 0 spiro atoms. The molecule has 110 valence electrons. The molecule has 0 bridgehead atoms. The average molecular weight is 316 g/mol. The molecule has 2 rings (SSSR count). The third-order valence-corrected chi connectivity index (χ3v) is 3.20. The molecule has 0 saturated carbocycles. The molecule has 0 aliphatic carbocycles. The summed E-state index contributed by atoms with van der Waals surface area (Å²) in [6, 6.07) is 6.96. The second-order valence-electron chi connectivity index (χ2n) is 3.83. The molecule has 0 fully saturated rings. The summed E-state index contributed by atoms with van der Waals surface area (Å²) in [7, 11) is 0. The van der Waals surface area contributed by atoms with Gasteiger partial charge in [-0.25, -0.2) is 0 Å². The lowest BCUT2D eigenvalue weighted by atomic mass is 10.2. The first-order chi connectivity index (χ1) is 10.6. The minimum atomic E-state index is -0.720. The molecule has 9 heteroatoms. The monoisotopic (exact) mass is 316 g/mol. The molecule has 1 N–H and O–H groups in total. The lowest BCUT2D eigenvalue weighted by molar-refractivity contribution is -0.393. The van der Waals surface area contributed by atoms with Gasteiger partial charge < -0.3 is 0 Å². The maximum atomic E-state index is 10.9. The standard InChI is InChI=1S/C13H8N4O4S/c18-16(19)10-5-6-12(13(9-10)17(20)21)15-14-7-1-3-11-4-2-8-22-11/h2,4-9,15H/b14-7-. The fourth-order valence-electron chi connectivity index (χ4n) is 1.47. The van der Waals surface area contributed by atoms with Crippen molar-refractivity contribution in [2.75, 3.05) is 5.43 Å². The Labute approximate surface area is 128 Å². The second-order valence-corrected chi connectivity index (χ2v) is 4.78. The molecule has 1 heterocycles. The fraction of sp³-hybridized carbons (Fsp3) is 0. The summed E-state index contributed by atoms with van der Waals surface area (Å²) in [6.07, 6.45) is 1.25. The number of anilines is 1. The lowest BCUT2D eigenvalue weighted by Crippen LogP contribution is -1.98. The van der Waals surface area contributed by atoms with Gasteiger partial charge in [0.25, 0.3) is 5.69 Å². The van der Waals surface area contributed by atoms with Crippen LogP contribution in [-0.4, -0.2) is 16.1 Å². The molecule has 2 aromatic rings. The van der Waals surface area contributed by atoms with Crippen molar-refractivity contribution in [1.29, 1.82) is 0 Å². The maximum absolute atomic E-state index is 10.9. The molecule has 0 aliphatic heterocycles. The van der Waals surface area contributed by atoms with Gasteiger partial charge in [0.15, 0.2) is 0 Å². The van der Waals surface area contributed by atoms with Crippen LogP contribution in [0.2, 0.25) is 0 Å². The number of hydrazone groups is 1. The second kappa shape index (κ2) is 6.96. The Morgan fingerprint density at radius 3 is 2.68 bits per heavy atom. The summed E-state index contributed by atoms with van der Waals surface area (Å²) in [5, 5.41) is 27.1. The Kier molecular flexibility index (Phi) is 4.79. The van der Waals surface area contributed by atoms with Gasteiger partial charge in [-0.1, -0.05) is 6.07 Å². The Balaban J connectivity index is 2.12. The van der Waals surface area contributed by atoms with Crippen molar-refractivity contribution in [2.45, 2.75) is 0 Å². The smallest absolute Gasteiger partial charge is 0.271 e. The van der Waals surface area contributed by atoms with Crippen molar-refractivity contribution >= 4 is 34.6 Å². The molecule has 0 aliphatic rings. The van der Waals surface area contributed by atoms with Gasteiger partial charge in [0, 0.05) is 6.07 Å². The van der Waals surface area contributed by atoms with Gasteiger partial charge in [-0.05, 0) is 29.4 Å². The molecule has 0 atom stereocenters. The number of benzene rings is 1. The van der Waals surface area contributed by atoms with E-state index in [1.54, 1.807) is 0 Å². The molecule has 22 heavy (non-hydrogen) atoms. The largest absolute Gasteiger partial charge is 0.301 e.